The summed E-state index contributed by atoms with van der Waals surface area (Å²) in [5.41, 5.74) is 4.78. The second-order valence-electron chi connectivity index (χ2n) is 7.06. The van der Waals surface area contributed by atoms with Crippen LogP contribution in [0.2, 0.25) is 0 Å². The quantitative estimate of drug-likeness (QED) is 0.331. The maximum absolute atomic E-state index is 12.2. The zero-order valence-corrected chi connectivity index (χ0v) is 16.3. The summed E-state index contributed by atoms with van der Waals surface area (Å²) < 4.78 is 10.2. The first-order valence-corrected chi connectivity index (χ1v) is 9.77. The Morgan fingerprint density at radius 1 is 1.03 bits per heavy atom. The van der Waals surface area contributed by atoms with E-state index < -0.39 is 5.41 Å². The third-order valence-electron chi connectivity index (χ3n) is 5.50. The molecule has 2 aromatic carbocycles. The molecule has 0 radical (unpaired) electrons. The van der Waals surface area contributed by atoms with Crippen LogP contribution in [0.1, 0.15) is 37.4 Å². The molecule has 1 heterocycles. The molecule has 6 nitrogen and oxygen atoms in total. The average Bonchev–Trinajstić information content (AvgIpc) is 3.01. The predicted octanol–water partition coefficient (Wildman–Crippen LogP) is 3.80. The minimum absolute atomic E-state index is 0.231. The van der Waals surface area contributed by atoms with Crippen molar-refractivity contribution >= 4 is 23.5 Å². The highest BCUT2D eigenvalue weighted by molar-refractivity contribution is 5.84. The number of hydrogen-bond acceptors (Lipinski definition) is 6. The van der Waals surface area contributed by atoms with Gasteiger partial charge in [-0.05, 0) is 37.5 Å². The number of esters is 1. The van der Waals surface area contributed by atoms with Crippen molar-refractivity contribution < 1.29 is 19.1 Å². The van der Waals surface area contributed by atoms with Gasteiger partial charge >= 0.3 is 5.97 Å². The number of ether oxygens (including phenoxy) is 2. The first-order valence-electron chi connectivity index (χ1n) is 9.77. The zero-order chi connectivity index (χ0) is 20.3. The molecule has 0 fully saturated rings. The smallest absolute Gasteiger partial charge is 0.305 e. The van der Waals surface area contributed by atoms with Crippen LogP contribution < -0.4 is 0 Å². The summed E-state index contributed by atoms with van der Waals surface area (Å²) in [6.07, 6.45) is 1.27. The van der Waals surface area contributed by atoms with E-state index in [1.54, 1.807) is 6.92 Å². The minimum atomic E-state index is -0.571. The van der Waals surface area contributed by atoms with Crippen LogP contribution in [0.25, 0.3) is 22.3 Å². The fraction of sp³-hybridized carbons (Fsp3) is 0.304. The van der Waals surface area contributed by atoms with Gasteiger partial charge in [-0.1, -0.05) is 36.4 Å². The second-order valence-corrected chi connectivity index (χ2v) is 7.06. The predicted molar refractivity (Wildman–Crippen MR) is 108 cm³/mol. The van der Waals surface area contributed by atoms with Gasteiger partial charge in [0.05, 0.1) is 35.6 Å². The standard InChI is InChI=1S/C23H22N2O4/c1-2-29-20(27)11-12-23(13-14-28-15-26)17-8-4-3-7-16(17)21-22(23)25-19-10-6-5-9-18(19)24-21/h3-10,15H,2,11-14H2,1H3. The lowest BCUT2D eigenvalue weighted by Gasteiger charge is -2.30. The Morgan fingerprint density at radius 2 is 1.76 bits per heavy atom. The molecule has 1 unspecified atom stereocenters. The van der Waals surface area contributed by atoms with Crippen LogP contribution in [-0.2, 0) is 24.5 Å². The lowest BCUT2D eigenvalue weighted by molar-refractivity contribution is -0.143. The van der Waals surface area contributed by atoms with Gasteiger partial charge in [-0.25, -0.2) is 9.97 Å². The molecular weight excluding hydrogens is 368 g/mol. The van der Waals surface area contributed by atoms with Gasteiger partial charge in [0.15, 0.2) is 0 Å². The molecule has 3 aromatic rings. The van der Waals surface area contributed by atoms with Crippen LogP contribution in [-0.4, -0.2) is 35.6 Å². The van der Waals surface area contributed by atoms with Crippen molar-refractivity contribution in [3.05, 3.63) is 59.8 Å². The van der Waals surface area contributed by atoms with E-state index in [1.165, 1.54) is 0 Å². The third-order valence-corrected chi connectivity index (χ3v) is 5.50. The van der Waals surface area contributed by atoms with E-state index in [4.69, 9.17) is 19.4 Å². The van der Waals surface area contributed by atoms with Gasteiger partial charge in [0.1, 0.15) is 0 Å². The van der Waals surface area contributed by atoms with Gasteiger partial charge in [-0.3, -0.25) is 9.59 Å². The van der Waals surface area contributed by atoms with Crippen LogP contribution in [0.15, 0.2) is 48.5 Å². The van der Waals surface area contributed by atoms with Crippen LogP contribution >= 0.6 is 0 Å². The first kappa shape index (κ1) is 19.1. The van der Waals surface area contributed by atoms with Crippen LogP contribution in [0, 0.1) is 0 Å². The van der Waals surface area contributed by atoms with Crippen molar-refractivity contribution in [2.45, 2.75) is 31.6 Å². The normalized spacial score (nSPS) is 16.9. The Bertz CT molecular complexity index is 1070. The molecule has 0 aliphatic heterocycles. The van der Waals surface area contributed by atoms with E-state index in [0.29, 0.717) is 25.9 Å². The van der Waals surface area contributed by atoms with Crippen molar-refractivity contribution in [2.75, 3.05) is 13.2 Å². The van der Waals surface area contributed by atoms with Crippen molar-refractivity contribution in [1.82, 2.24) is 9.97 Å². The third kappa shape index (κ3) is 3.35. The molecule has 0 spiro atoms. The number of fused-ring (bicyclic) bond motifs is 4. The van der Waals surface area contributed by atoms with Crippen molar-refractivity contribution in [1.29, 1.82) is 0 Å². The summed E-state index contributed by atoms with van der Waals surface area (Å²) in [5, 5.41) is 0. The van der Waals surface area contributed by atoms with Gasteiger partial charge in [0.2, 0.25) is 0 Å². The summed E-state index contributed by atoms with van der Waals surface area (Å²) in [6.45, 7) is 2.82. The highest BCUT2D eigenvalue weighted by Crippen LogP contribution is 2.52. The highest BCUT2D eigenvalue weighted by atomic mass is 16.5. The van der Waals surface area contributed by atoms with Crippen LogP contribution in [0.3, 0.4) is 0 Å². The number of carbonyl (C=O) groups excluding carboxylic acids is 2. The monoisotopic (exact) mass is 390 g/mol. The van der Waals surface area contributed by atoms with Gasteiger partial charge < -0.3 is 9.47 Å². The average molecular weight is 390 g/mol. The lowest BCUT2D eigenvalue weighted by atomic mass is 9.74. The van der Waals surface area contributed by atoms with Crippen molar-refractivity contribution in [3.63, 3.8) is 0 Å². The Hall–Kier alpha value is -3.28. The summed E-state index contributed by atoms with van der Waals surface area (Å²) in [5.74, 6) is -0.247. The molecule has 1 aliphatic rings. The van der Waals surface area contributed by atoms with E-state index in [9.17, 15) is 9.59 Å². The molecule has 1 aliphatic carbocycles. The molecule has 148 valence electrons. The number of benzene rings is 2. The number of hydrogen-bond donors (Lipinski definition) is 0. The number of aromatic nitrogens is 2. The van der Waals surface area contributed by atoms with E-state index >= 15 is 0 Å². The molecule has 0 saturated heterocycles. The fourth-order valence-corrected chi connectivity index (χ4v) is 4.22. The molecule has 0 saturated carbocycles. The van der Waals surface area contributed by atoms with Crippen molar-refractivity contribution in [3.8, 4) is 11.3 Å². The van der Waals surface area contributed by atoms with Gasteiger partial charge in [-0.2, -0.15) is 0 Å². The molecule has 1 atom stereocenters. The van der Waals surface area contributed by atoms with E-state index in [1.807, 2.05) is 42.5 Å². The Kier molecular flexibility index (Phi) is 5.25. The Balaban J connectivity index is 1.87. The molecule has 0 bridgehead atoms. The highest BCUT2D eigenvalue weighted by Gasteiger charge is 2.45. The maximum Gasteiger partial charge on any atom is 0.305 e. The van der Waals surface area contributed by atoms with Crippen LogP contribution in [0.5, 0.6) is 0 Å². The van der Waals surface area contributed by atoms with E-state index in [2.05, 4.69) is 6.07 Å². The van der Waals surface area contributed by atoms with Gasteiger partial charge in [0, 0.05) is 17.4 Å². The zero-order valence-electron chi connectivity index (χ0n) is 16.3. The number of carbonyl (C=O) groups is 2. The first-order chi connectivity index (χ1) is 14.2. The Morgan fingerprint density at radius 3 is 2.52 bits per heavy atom. The maximum atomic E-state index is 12.2. The second kappa shape index (κ2) is 7.99. The molecule has 4 rings (SSSR count). The van der Waals surface area contributed by atoms with Crippen molar-refractivity contribution in [2.24, 2.45) is 0 Å². The topological polar surface area (TPSA) is 78.4 Å². The summed E-state index contributed by atoms with van der Waals surface area (Å²) in [6, 6.07) is 15.8. The summed E-state index contributed by atoms with van der Waals surface area (Å²) >= 11 is 0. The molecular formula is C23H22N2O4. The summed E-state index contributed by atoms with van der Waals surface area (Å²) in [4.78, 5) is 32.8. The number of rotatable bonds is 8. The number of nitrogens with zero attached hydrogens (tertiary/aromatic N) is 2. The fourth-order valence-electron chi connectivity index (χ4n) is 4.22. The van der Waals surface area contributed by atoms with Crippen LogP contribution in [0.4, 0.5) is 0 Å². The molecule has 0 N–H and O–H groups in total. The van der Waals surface area contributed by atoms with E-state index in [-0.39, 0.29) is 19.0 Å². The lowest BCUT2D eigenvalue weighted by Crippen LogP contribution is -2.29. The molecule has 1 aromatic heterocycles. The summed E-state index contributed by atoms with van der Waals surface area (Å²) in [7, 11) is 0. The van der Waals surface area contributed by atoms with E-state index in [0.717, 1.165) is 33.5 Å². The number of para-hydroxylation sites is 2. The molecule has 6 heteroatoms. The SMILES string of the molecule is CCOC(=O)CCC1(CCOC=O)c2ccccc2-c2nc3ccccc3nc21. The largest absolute Gasteiger partial charge is 0.468 e. The Labute approximate surface area is 168 Å². The minimum Gasteiger partial charge on any atom is -0.468 e. The van der Waals surface area contributed by atoms with Gasteiger partial charge in [-0.15, -0.1) is 0 Å². The van der Waals surface area contributed by atoms with Gasteiger partial charge in [0.25, 0.3) is 6.47 Å². The molecule has 29 heavy (non-hydrogen) atoms. The molecule has 0 amide bonds.